The van der Waals surface area contributed by atoms with E-state index in [0.717, 1.165) is 30.5 Å². The second-order valence-electron chi connectivity index (χ2n) is 6.05. The number of likely N-dealkylation sites (tertiary alicyclic amines) is 1. The van der Waals surface area contributed by atoms with E-state index in [2.05, 4.69) is 4.90 Å². The predicted molar refractivity (Wildman–Crippen MR) is 77.2 cm³/mol. The van der Waals surface area contributed by atoms with E-state index in [9.17, 15) is 4.39 Å². The highest BCUT2D eigenvalue weighted by molar-refractivity contribution is 5.31. The Labute approximate surface area is 119 Å². The third-order valence-electron chi connectivity index (χ3n) is 4.98. The van der Waals surface area contributed by atoms with Crippen LogP contribution in [0.5, 0.6) is 5.75 Å². The Hall–Kier alpha value is -1.13. The van der Waals surface area contributed by atoms with Crippen LogP contribution in [0.15, 0.2) is 18.2 Å². The van der Waals surface area contributed by atoms with Crippen molar-refractivity contribution >= 4 is 0 Å². The van der Waals surface area contributed by atoms with Crippen LogP contribution in [0.2, 0.25) is 0 Å². The molecule has 0 aromatic heterocycles. The SMILES string of the molecule is COc1ccc(C(CN)N2CC3CCCC3C2)cc1F. The highest BCUT2D eigenvalue weighted by Crippen LogP contribution is 2.40. The summed E-state index contributed by atoms with van der Waals surface area (Å²) >= 11 is 0. The van der Waals surface area contributed by atoms with Gasteiger partial charge in [-0.15, -0.1) is 0 Å². The quantitative estimate of drug-likeness (QED) is 0.920. The molecule has 2 aliphatic rings. The minimum atomic E-state index is -0.303. The van der Waals surface area contributed by atoms with Crippen LogP contribution < -0.4 is 10.5 Å². The molecule has 0 spiro atoms. The zero-order valence-corrected chi connectivity index (χ0v) is 12.0. The molecule has 0 radical (unpaired) electrons. The van der Waals surface area contributed by atoms with Crippen molar-refractivity contribution in [1.29, 1.82) is 0 Å². The summed E-state index contributed by atoms with van der Waals surface area (Å²) in [6.07, 6.45) is 4.05. The van der Waals surface area contributed by atoms with Crippen molar-refractivity contribution in [2.75, 3.05) is 26.7 Å². The molecule has 1 heterocycles. The Morgan fingerprint density at radius 2 is 2.05 bits per heavy atom. The van der Waals surface area contributed by atoms with Crippen molar-refractivity contribution in [2.45, 2.75) is 25.3 Å². The van der Waals surface area contributed by atoms with Gasteiger partial charge in [0.05, 0.1) is 7.11 Å². The van der Waals surface area contributed by atoms with Crippen molar-refractivity contribution in [3.8, 4) is 5.75 Å². The Morgan fingerprint density at radius 3 is 2.60 bits per heavy atom. The molecule has 110 valence electrons. The maximum Gasteiger partial charge on any atom is 0.165 e. The number of halogens is 1. The van der Waals surface area contributed by atoms with Gasteiger partial charge in [0.25, 0.3) is 0 Å². The highest BCUT2D eigenvalue weighted by Gasteiger charge is 2.38. The highest BCUT2D eigenvalue weighted by atomic mass is 19.1. The zero-order chi connectivity index (χ0) is 14.1. The molecule has 3 nitrogen and oxygen atoms in total. The van der Waals surface area contributed by atoms with E-state index in [1.54, 1.807) is 12.1 Å². The van der Waals surface area contributed by atoms with Gasteiger partial charge in [0.15, 0.2) is 11.6 Å². The molecule has 3 rings (SSSR count). The van der Waals surface area contributed by atoms with Gasteiger partial charge in [0.1, 0.15) is 0 Å². The molecule has 20 heavy (non-hydrogen) atoms. The van der Waals surface area contributed by atoms with Gasteiger partial charge in [-0.1, -0.05) is 12.5 Å². The predicted octanol–water partition coefficient (Wildman–Crippen LogP) is 2.57. The molecular weight excluding hydrogens is 255 g/mol. The van der Waals surface area contributed by atoms with E-state index in [1.165, 1.54) is 26.4 Å². The Morgan fingerprint density at radius 1 is 1.35 bits per heavy atom. The first-order valence-corrected chi connectivity index (χ1v) is 7.50. The van der Waals surface area contributed by atoms with Gasteiger partial charge in [0, 0.05) is 25.7 Å². The molecule has 2 N–H and O–H groups in total. The lowest BCUT2D eigenvalue weighted by Gasteiger charge is -2.28. The van der Waals surface area contributed by atoms with Crippen LogP contribution in [0.4, 0.5) is 4.39 Å². The van der Waals surface area contributed by atoms with Crippen LogP contribution in [0.3, 0.4) is 0 Å². The average Bonchev–Trinajstić information content (AvgIpc) is 3.01. The first kappa shape index (κ1) is 13.8. The smallest absolute Gasteiger partial charge is 0.165 e. The molecule has 3 atom stereocenters. The normalized spacial score (nSPS) is 27.6. The molecule has 1 aromatic carbocycles. The fourth-order valence-electron chi connectivity index (χ4n) is 3.91. The summed E-state index contributed by atoms with van der Waals surface area (Å²) in [5.74, 6) is 1.64. The lowest BCUT2D eigenvalue weighted by molar-refractivity contribution is 0.231. The monoisotopic (exact) mass is 278 g/mol. The average molecular weight is 278 g/mol. The van der Waals surface area contributed by atoms with Crippen LogP contribution in [-0.4, -0.2) is 31.6 Å². The molecule has 1 saturated heterocycles. The fourth-order valence-corrected chi connectivity index (χ4v) is 3.91. The number of fused-ring (bicyclic) bond motifs is 1. The number of methoxy groups -OCH3 is 1. The van der Waals surface area contributed by atoms with E-state index in [-0.39, 0.29) is 11.9 Å². The first-order chi connectivity index (χ1) is 9.72. The van der Waals surface area contributed by atoms with E-state index in [1.807, 2.05) is 6.07 Å². The summed E-state index contributed by atoms with van der Waals surface area (Å²) in [7, 11) is 1.49. The lowest BCUT2D eigenvalue weighted by Crippen LogP contribution is -2.32. The zero-order valence-electron chi connectivity index (χ0n) is 12.0. The van der Waals surface area contributed by atoms with E-state index in [0.29, 0.717) is 12.3 Å². The van der Waals surface area contributed by atoms with Gasteiger partial charge >= 0.3 is 0 Å². The number of rotatable bonds is 4. The van der Waals surface area contributed by atoms with E-state index < -0.39 is 0 Å². The molecular formula is C16H23FN2O. The Kier molecular flexibility index (Phi) is 3.94. The minimum Gasteiger partial charge on any atom is -0.494 e. The van der Waals surface area contributed by atoms with Crippen LogP contribution in [0.1, 0.15) is 30.9 Å². The fraction of sp³-hybridized carbons (Fsp3) is 0.625. The maximum atomic E-state index is 13.9. The summed E-state index contributed by atoms with van der Waals surface area (Å²) in [6, 6.07) is 5.34. The van der Waals surface area contributed by atoms with Crippen LogP contribution in [-0.2, 0) is 0 Å². The summed E-state index contributed by atoms with van der Waals surface area (Å²) in [6.45, 7) is 2.76. The topological polar surface area (TPSA) is 38.5 Å². The van der Waals surface area contributed by atoms with Crippen molar-refractivity contribution in [1.82, 2.24) is 4.90 Å². The second-order valence-corrected chi connectivity index (χ2v) is 6.05. The van der Waals surface area contributed by atoms with Crippen LogP contribution >= 0.6 is 0 Å². The van der Waals surface area contributed by atoms with Gasteiger partial charge in [-0.05, 0) is 42.4 Å². The van der Waals surface area contributed by atoms with Crippen molar-refractivity contribution in [3.05, 3.63) is 29.6 Å². The Bertz CT molecular complexity index is 468. The molecule has 4 heteroatoms. The third-order valence-corrected chi connectivity index (χ3v) is 4.98. The molecule has 1 aliphatic heterocycles. The number of hydrogen-bond acceptors (Lipinski definition) is 3. The number of benzene rings is 1. The third kappa shape index (κ3) is 2.42. The van der Waals surface area contributed by atoms with Gasteiger partial charge in [-0.25, -0.2) is 4.39 Å². The van der Waals surface area contributed by atoms with Crippen molar-refractivity contribution in [3.63, 3.8) is 0 Å². The lowest BCUT2D eigenvalue weighted by atomic mass is 10.0. The first-order valence-electron chi connectivity index (χ1n) is 7.50. The van der Waals surface area contributed by atoms with Gasteiger partial charge in [-0.2, -0.15) is 0 Å². The maximum absolute atomic E-state index is 13.9. The standard InChI is InChI=1S/C16H23FN2O/c1-20-16-6-5-11(7-14(16)17)15(8-18)19-9-12-3-2-4-13(12)10-19/h5-7,12-13,15H,2-4,8-10,18H2,1H3. The molecule has 0 amide bonds. The molecule has 1 saturated carbocycles. The Balaban J connectivity index is 1.78. The van der Waals surface area contributed by atoms with E-state index >= 15 is 0 Å². The van der Waals surface area contributed by atoms with Crippen molar-refractivity contribution < 1.29 is 9.13 Å². The molecule has 1 aromatic rings. The second kappa shape index (κ2) is 5.70. The van der Waals surface area contributed by atoms with E-state index in [4.69, 9.17) is 10.5 Å². The molecule has 2 fully saturated rings. The van der Waals surface area contributed by atoms with Gasteiger partial charge < -0.3 is 10.5 Å². The summed E-state index contributed by atoms with van der Waals surface area (Å²) < 4.78 is 18.9. The number of nitrogens with two attached hydrogens (primary N) is 1. The summed E-state index contributed by atoms with van der Waals surface area (Å²) in [5.41, 5.74) is 6.92. The number of ether oxygens (including phenoxy) is 1. The number of hydrogen-bond donors (Lipinski definition) is 1. The van der Waals surface area contributed by atoms with Crippen molar-refractivity contribution in [2.24, 2.45) is 17.6 Å². The van der Waals surface area contributed by atoms with Gasteiger partial charge in [0.2, 0.25) is 0 Å². The largest absolute Gasteiger partial charge is 0.494 e. The van der Waals surface area contributed by atoms with Crippen LogP contribution in [0, 0.1) is 17.7 Å². The summed E-state index contributed by atoms with van der Waals surface area (Å²) in [5, 5.41) is 0. The molecule has 3 unspecified atom stereocenters. The molecule has 0 bridgehead atoms. The van der Waals surface area contributed by atoms with Crippen LogP contribution in [0.25, 0.3) is 0 Å². The number of nitrogens with zero attached hydrogens (tertiary/aromatic N) is 1. The summed E-state index contributed by atoms with van der Waals surface area (Å²) in [4.78, 5) is 2.44. The molecule has 1 aliphatic carbocycles. The van der Waals surface area contributed by atoms with Gasteiger partial charge in [-0.3, -0.25) is 4.90 Å². The minimum absolute atomic E-state index is 0.126.